The number of amides is 3. The van der Waals surface area contributed by atoms with Crippen LogP contribution in [0.1, 0.15) is 16.1 Å². The Bertz CT molecular complexity index is 984. The van der Waals surface area contributed by atoms with Crippen LogP contribution in [0.4, 0.5) is 4.79 Å². The first-order chi connectivity index (χ1) is 13.0. The predicted molar refractivity (Wildman–Crippen MR) is 98.3 cm³/mol. The van der Waals surface area contributed by atoms with Crippen molar-refractivity contribution in [1.82, 2.24) is 10.6 Å². The summed E-state index contributed by atoms with van der Waals surface area (Å²) in [5.41, 5.74) is 1.35. The fourth-order valence-electron chi connectivity index (χ4n) is 2.30. The SMILES string of the molecule is O=C(COC(=O)c1cc2cc(Cl)ccc2o1)NC(=O)NCc1ccccc1. The topological polar surface area (TPSA) is 97.6 Å². The van der Waals surface area contributed by atoms with E-state index in [1.807, 2.05) is 30.3 Å². The van der Waals surface area contributed by atoms with Gasteiger partial charge in [0.1, 0.15) is 5.58 Å². The summed E-state index contributed by atoms with van der Waals surface area (Å²) in [6.07, 6.45) is 0. The molecule has 0 aliphatic rings. The number of urea groups is 1. The highest BCUT2D eigenvalue weighted by molar-refractivity contribution is 6.31. The van der Waals surface area contributed by atoms with E-state index < -0.39 is 24.5 Å². The standard InChI is InChI=1S/C19H15ClN2O5/c20-14-6-7-15-13(8-14)9-16(27-15)18(24)26-11-17(23)22-19(25)21-10-12-4-2-1-3-5-12/h1-9H,10-11H2,(H2,21,22,23,25). The highest BCUT2D eigenvalue weighted by Crippen LogP contribution is 2.23. The molecular weight excluding hydrogens is 372 g/mol. The van der Waals surface area contributed by atoms with Crippen LogP contribution < -0.4 is 10.6 Å². The quantitative estimate of drug-likeness (QED) is 0.656. The molecule has 2 aromatic carbocycles. The third kappa shape index (κ3) is 5.08. The third-order valence-electron chi connectivity index (χ3n) is 3.56. The van der Waals surface area contributed by atoms with Crippen LogP contribution in [0.3, 0.4) is 0 Å². The van der Waals surface area contributed by atoms with Crippen molar-refractivity contribution < 1.29 is 23.5 Å². The number of ether oxygens (including phenoxy) is 1. The number of carbonyl (C=O) groups is 3. The fourth-order valence-corrected chi connectivity index (χ4v) is 2.48. The van der Waals surface area contributed by atoms with Gasteiger partial charge >= 0.3 is 12.0 Å². The molecule has 0 atom stereocenters. The molecule has 0 bridgehead atoms. The van der Waals surface area contributed by atoms with E-state index in [0.29, 0.717) is 16.0 Å². The van der Waals surface area contributed by atoms with Crippen molar-refractivity contribution in [2.75, 3.05) is 6.61 Å². The van der Waals surface area contributed by atoms with Gasteiger partial charge in [0.25, 0.3) is 5.91 Å². The van der Waals surface area contributed by atoms with Crippen LogP contribution >= 0.6 is 11.6 Å². The molecule has 0 unspecified atom stereocenters. The van der Waals surface area contributed by atoms with E-state index >= 15 is 0 Å². The average molecular weight is 387 g/mol. The van der Waals surface area contributed by atoms with Gasteiger partial charge in [0.2, 0.25) is 5.76 Å². The number of esters is 1. The van der Waals surface area contributed by atoms with Crippen LogP contribution in [0.2, 0.25) is 5.02 Å². The van der Waals surface area contributed by atoms with E-state index in [9.17, 15) is 14.4 Å². The monoisotopic (exact) mass is 386 g/mol. The van der Waals surface area contributed by atoms with E-state index in [0.717, 1.165) is 5.56 Å². The van der Waals surface area contributed by atoms with Crippen LogP contribution in [0.5, 0.6) is 0 Å². The highest BCUT2D eigenvalue weighted by atomic mass is 35.5. The number of rotatable bonds is 5. The number of furan rings is 1. The van der Waals surface area contributed by atoms with E-state index in [-0.39, 0.29) is 12.3 Å². The van der Waals surface area contributed by atoms with Crippen molar-refractivity contribution in [1.29, 1.82) is 0 Å². The second-order valence-electron chi connectivity index (χ2n) is 5.59. The third-order valence-corrected chi connectivity index (χ3v) is 3.80. The number of hydrogen-bond donors (Lipinski definition) is 2. The molecule has 1 heterocycles. The van der Waals surface area contributed by atoms with Gasteiger partial charge in [-0.1, -0.05) is 41.9 Å². The van der Waals surface area contributed by atoms with Crippen LogP contribution in [0.25, 0.3) is 11.0 Å². The molecule has 8 heteroatoms. The van der Waals surface area contributed by atoms with Crippen molar-refractivity contribution in [2.24, 2.45) is 0 Å². The molecule has 0 aliphatic carbocycles. The molecule has 1 aromatic heterocycles. The zero-order valence-corrected chi connectivity index (χ0v) is 14.8. The Labute approximate surface area is 159 Å². The van der Waals surface area contributed by atoms with E-state index in [1.54, 1.807) is 18.2 Å². The van der Waals surface area contributed by atoms with Gasteiger partial charge in [-0.2, -0.15) is 0 Å². The van der Waals surface area contributed by atoms with Gasteiger partial charge in [-0.15, -0.1) is 0 Å². The highest BCUT2D eigenvalue weighted by Gasteiger charge is 2.16. The Morgan fingerprint density at radius 1 is 1.04 bits per heavy atom. The summed E-state index contributed by atoms with van der Waals surface area (Å²) in [4.78, 5) is 35.4. The van der Waals surface area contributed by atoms with Gasteiger partial charge < -0.3 is 14.5 Å². The van der Waals surface area contributed by atoms with Gasteiger partial charge in [0, 0.05) is 17.0 Å². The minimum atomic E-state index is -0.817. The Balaban J connectivity index is 1.46. The summed E-state index contributed by atoms with van der Waals surface area (Å²) in [6.45, 7) is -0.351. The molecule has 0 aliphatic heterocycles. The van der Waals surface area contributed by atoms with E-state index in [4.69, 9.17) is 20.8 Å². The fraction of sp³-hybridized carbons (Fsp3) is 0.105. The molecule has 0 spiro atoms. The summed E-state index contributed by atoms with van der Waals surface area (Å²) in [5.74, 6) is -1.64. The van der Waals surface area contributed by atoms with Crippen molar-refractivity contribution in [3.8, 4) is 0 Å². The normalized spacial score (nSPS) is 10.4. The van der Waals surface area contributed by atoms with E-state index in [1.165, 1.54) is 6.07 Å². The van der Waals surface area contributed by atoms with Gasteiger partial charge in [0.05, 0.1) is 0 Å². The van der Waals surface area contributed by atoms with E-state index in [2.05, 4.69) is 10.6 Å². The molecule has 0 saturated heterocycles. The number of nitrogens with one attached hydrogen (secondary N) is 2. The largest absolute Gasteiger partial charge is 0.450 e. The predicted octanol–water partition coefficient (Wildman–Crippen LogP) is 3.27. The molecule has 0 fully saturated rings. The lowest BCUT2D eigenvalue weighted by Crippen LogP contribution is -2.41. The van der Waals surface area contributed by atoms with Crippen LogP contribution in [0, 0.1) is 0 Å². The summed E-state index contributed by atoms with van der Waals surface area (Å²) in [6, 6.07) is 14.9. The molecule has 3 aromatic rings. The lowest BCUT2D eigenvalue weighted by atomic mass is 10.2. The van der Waals surface area contributed by atoms with Crippen molar-refractivity contribution in [3.63, 3.8) is 0 Å². The van der Waals surface area contributed by atoms with Crippen molar-refractivity contribution >= 4 is 40.5 Å². The summed E-state index contributed by atoms with van der Waals surface area (Å²) < 4.78 is 10.2. The first kappa shape index (κ1) is 18.5. The molecule has 2 N–H and O–H groups in total. The Morgan fingerprint density at radius 2 is 1.81 bits per heavy atom. The maximum Gasteiger partial charge on any atom is 0.374 e. The second-order valence-corrected chi connectivity index (χ2v) is 6.02. The zero-order chi connectivity index (χ0) is 19.2. The average Bonchev–Trinajstić information content (AvgIpc) is 3.08. The number of hydrogen-bond acceptors (Lipinski definition) is 5. The van der Waals surface area contributed by atoms with Gasteiger partial charge in [-0.3, -0.25) is 10.1 Å². The maximum atomic E-state index is 12.0. The number of imide groups is 1. The summed E-state index contributed by atoms with van der Waals surface area (Å²) in [7, 11) is 0. The summed E-state index contributed by atoms with van der Waals surface area (Å²) >= 11 is 5.87. The molecule has 138 valence electrons. The molecule has 27 heavy (non-hydrogen) atoms. The first-order valence-corrected chi connectivity index (χ1v) is 8.37. The van der Waals surface area contributed by atoms with Crippen LogP contribution in [-0.2, 0) is 16.1 Å². The van der Waals surface area contributed by atoms with Crippen molar-refractivity contribution in [3.05, 3.63) is 70.9 Å². The minimum Gasteiger partial charge on any atom is -0.450 e. The van der Waals surface area contributed by atoms with Crippen LogP contribution in [-0.4, -0.2) is 24.5 Å². The molecular formula is C19H15ClN2O5. The number of fused-ring (bicyclic) bond motifs is 1. The van der Waals surface area contributed by atoms with Gasteiger partial charge in [-0.25, -0.2) is 9.59 Å². The molecule has 7 nitrogen and oxygen atoms in total. The van der Waals surface area contributed by atoms with Crippen molar-refractivity contribution in [2.45, 2.75) is 6.54 Å². The minimum absolute atomic E-state index is 0.0615. The van der Waals surface area contributed by atoms with Crippen LogP contribution in [0.15, 0.2) is 59.0 Å². The Morgan fingerprint density at radius 3 is 2.59 bits per heavy atom. The lowest BCUT2D eigenvalue weighted by molar-refractivity contribution is -0.123. The maximum absolute atomic E-state index is 12.0. The first-order valence-electron chi connectivity index (χ1n) is 7.99. The smallest absolute Gasteiger partial charge is 0.374 e. The number of halogens is 1. The Kier molecular flexibility index (Phi) is 5.73. The number of benzene rings is 2. The Hall–Kier alpha value is -3.32. The molecule has 0 saturated carbocycles. The molecule has 0 radical (unpaired) electrons. The lowest BCUT2D eigenvalue weighted by Gasteiger charge is -2.07. The second kappa shape index (κ2) is 8.37. The van der Waals surface area contributed by atoms with Gasteiger partial charge in [-0.05, 0) is 29.8 Å². The summed E-state index contributed by atoms with van der Waals surface area (Å²) in [5, 5.41) is 5.75. The van der Waals surface area contributed by atoms with Gasteiger partial charge in [0.15, 0.2) is 6.61 Å². The molecule has 3 rings (SSSR count). The zero-order valence-electron chi connectivity index (χ0n) is 14.0. The molecule has 3 amide bonds. The number of carbonyl (C=O) groups excluding carboxylic acids is 3.